The van der Waals surface area contributed by atoms with Gasteiger partial charge in [-0.2, -0.15) is 0 Å². The van der Waals surface area contributed by atoms with E-state index in [4.69, 9.17) is 14.2 Å². The minimum absolute atomic E-state index is 0.0208. The molecule has 3 aromatic carbocycles. The number of benzene rings is 3. The number of hydrogen-bond donors (Lipinski definition) is 0. The number of hydrogen-bond acceptors (Lipinski definition) is 7. The first kappa shape index (κ1) is 23.7. The predicted molar refractivity (Wildman–Crippen MR) is 132 cm³/mol. The topological polar surface area (TPSA) is 100 Å². The zero-order valence-corrected chi connectivity index (χ0v) is 19.6. The van der Waals surface area contributed by atoms with E-state index in [9.17, 15) is 14.9 Å². The summed E-state index contributed by atoms with van der Waals surface area (Å²) in [5.41, 5.74) is 3.76. The maximum atomic E-state index is 12.4. The van der Waals surface area contributed by atoms with Crippen molar-refractivity contribution in [3.05, 3.63) is 104 Å². The van der Waals surface area contributed by atoms with Crippen LogP contribution < -0.4 is 9.47 Å². The standard InChI is InChI=1S/C27H24N2O6/c1-4-33-25-14-20(10-12-24(25)34-16-19-8-5-17(2)6-9-19)13-22-27(30)35-26(28-22)21-11-7-18(3)23(15-21)29(31)32/h5-15H,4,16H2,1-3H3. The summed E-state index contributed by atoms with van der Waals surface area (Å²) >= 11 is 0. The predicted octanol–water partition coefficient (Wildman–Crippen LogP) is 5.53. The summed E-state index contributed by atoms with van der Waals surface area (Å²) in [6.45, 7) is 6.38. The van der Waals surface area contributed by atoms with Crippen molar-refractivity contribution in [2.75, 3.05) is 6.61 Å². The fourth-order valence-electron chi connectivity index (χ4n) is 3.48. The van der Waals surface area contributed by atoms with Crippen LogP contribution in [0.5, 0.6) is 11.5 Å². The first-order valence-electron chi connectivity index (χ1n) is 11.1. The fourth-order valence-corrected chi connectivity index (χ4v) is 3.48. The average Bonchev–Trinajstić information content (AvgIpc) is 3.20. The van der Waals surface area contributed by atoms with E-state index in [2.05, 4.69) is 4.99 Å². The Morgan fingerprint density at radius 3 is 2.49 bits per heavy atom. The molecule has 178 valence electrons. The molecule has 0 atom stereocenters. The molecule has 0 saturated carbocycles. The maximum absolute atomic E-state index is 12.4. The van der Waals surface area contributed by atoms with Gasteiger partial charge in [0.05, 0.1) is 11.5 Å². The van der Waals surface area contributed by atoms with E-state index in [1.54, 1.807) is 43.3 Å². The molecule has 1 heterocycles. The molecule has 0 spiro atoms. The van der Waals surface area contributed by atoms with Gasteiger partial charge < -0.3 is 14.2 Å². The van der Waals surface area contributed by atoms with Gasteiger partial charge in [0.2, 0.25) is 5.90 Å². The molecule has 1 aliphatic rings. The normalized spacial score (nSPS) is 14.0. The first-order valence-corrected chi connectivity index (χ1v) is 11.1. The quantitative estimate of drug-likeness (QED) is 0.185. The monoisotopic (exact) mass is 472 g/mol. The van der Waals surface area contributed by atoms with E-state index in [0.717, 1.165) is 5.56 Å². The summed E-state index contributed by atoms with van der Waals surface area (Å²) in [6, 6.07) is 18.0. The summed E-state index contributed by atoms with van der Waals surface area (Å²) in [5.74, 6) is 0.506. The Morgan fingerprint density at radius 1 is 1.00 bits per heavy atom. The third-order valence-electron chi connectivity index (χ3n) is 5.36. The first-order chi connectivity index (χ1) is 16.8. The Hall–Kier alpha value is -4.46. The van der Waals surface area contributed by atoms with Gasteiger partial charge in [-0.25, -0.2) is 9.79 Å². The van der Waals surface area contributed by atoms with Crippen LogP contribution in [0.15, 0.2) is 71.4 Å². The van der Waals surface area contributed by atoms with E-state index in [1.807, 2.05) is 38.1 Å². The molecular weight excluding hydrogens is 448 g/mol. The van der Waals surface area contributed by atoms with Crippen molar-refractivity contribution >= 4 is 23.6 Å². The minimum Gasteiger partial charge on any atom is -0.490 e. The zero-order chi connectivity index (χ0) is 24.9. The van der Waals surface area contributed by atoms with Crippen LogP contribution in [0.2, 0.25) is 0 Å². The summed E-state index contributed by atoms with van der Waals surface area (Å²) in [6.07, 6.45) is 1.57. The van der Waals surface area contributed by atoms with Crippen molar-refractivity contribution in [3.63, 3.8) is 0 Å². The van der Waals surface area contributed by atoms with Gasteiger partial charge in [0.1, 0.15) is 6.61 Å². The van der Waals surface area contributed by atoms with Gasteiger partial charge in [0.15, 0.2) is 17.2 Å². The Balaban J connectivity index is 1.57. The summed E-state index contributed by atoms with van der Waals surface area (Å²) in [5, 5.41) is 11.2. The molecule has 0 N–H and O–H groups in total. The fraction of sp³-hybridized carbons (Fsp3) is 0.185. The number of carbonyl (C=O) groups is 1. The molecule has 35 heavy (non-hydrogen) atoms. The third kappa shape index (κ3) is 5.55. The lowest BCUT2D eigenvalue weighted by Crippen LogP contribution is -2.06. The van der Waals surface area contributed by atoms with Gasteiger partial charge in [-0.3, -0.25) is 10.1 Å². The number of carbonyl (C=O) groups excluding carboxylic acids is 1. The number of nitro benzene ring substituents is 1. The maximum Gasteiger partial charge on any atom is 0.363 e. The number of cyclic esters (lactones) is 1. The number of rotatable bonds is 8. The molecule has 0 bridgehead atoms. The van der Waals surface area contributed by atoms with Crippen LogP contribution >= 0.6 is 0 Å². The summed E-state index contributed by atoms with van der Waals surface area (Å²) < 4.78 is 17.0. The van der Waals surface area contributed by atoms with Gasteiger partial charge in [-0.1, -0.05) is 42.0 Å². The second-order valence-corrected chi connectivity index (χ2v) is 8.01. The highest BCUT2D eigenvalue weighted by Crippen LogP contribution is 2.31. The van der Waals surface area contributed by atoms with E-state index in [-0.39, 0.29) is 17.3 Å². The minimum atomic E-state index is -0.638. The second-order valence-electron chi connectivity index (χ2n) is 8.01. The highest BCUT2D eigenvalue weighted by atomic mass is 16.6. The lowest BCUT2D eigenvalue weighted by molar-refractivity contribution is -0.385. The van der Waals surface area contributed by atoms with E-state index in [0.29, 0.717) is 41.4 Å². The van der Waals surface area contributed by atoms with Gasteiger partial charge in [-0.05, 0) is 56.2 Å². The van der Waals surface area contributed by atoms with Crippen molar-refractivity contribution in [2.24, 2.45) is 4.99 Å². The van der Waals surface area contributed by atoms with Crippen molar-refractivity contribution in [3.8, 4) is 11.5 Å². The number of ether oxygens (including phenoxy) is 3. The molecule has 1 aliphatic heterocycles. The average molecular weight is 472 g/mol. The van der Waals surface area contributed by atoms with Gasteiger partial charge in [0, 0.05) is 17.2 Å². The van der Waals surface area contributed by atoms with Crippen molar-refractivity contribution in [1.29, 1.82) is 0 Å². The Morgan fingerprint density at radius 2 is 1.77 bits per heavy atom. The molecule has 3 aromatic rings. The van der Waals surface area contributed by atoms with Gasteiger partial charge in [0.25, 0.3) is 5.69 Å². The Bertz CT molecular complexity index is 1340. The Labute approximate surface area is 202 Å². The molecule has 4 rings (SSSR count). The molecular formula is C27H24N2O6. The Kier molecular flexibility index (Phi) is 6.91. The van der Waals surface area contributed by atoms with Gasteiger partial charge in [-0.15, -0.1) is 0 Å². The van der Waals surface area contributed by atoms with E-state index in [1.165, 1.54) is 11.6 Å². The lowest BCUT2D eigenvalue weighted by atomic mass is 10.1. The third-order valence-corrected chi connectivity index (χ3v) is 5.36. The lowest BCUT2D eigenvalue weighted by Gasteiger charge is -2.13. The van der Waals surface area contributed by atoms with Gasteiger partial charge >= 0.3 is 5.97 Å². The van der Waals surface area contributed by atoms with Crippen LogP contribution in [0.3, 0.4) is 0 Å². The molecule has 0 amide bonds. The molecule has 8 heteroatoms. The molecule has 0 unspecified atom stereocenters. The van der Waals surface area contributed by atoms with Crippen molar-refractivity contribution < 1.29 is 23.9 Å². The molecule has 0 aliphatic carbocycles. The molecule has 0 radical (unpaired) electrons. The molecule has 0 aromatic heterocycles. The van der Waals surface area contributed by atoms with Crippen molar-refractivity contribution in [1.82, 2.24) is 0 Å². The number of nitrogens with zero attached hydrogens (tertiary/aromatic N) is 2. The van der Waals surface area contributed by atoms with Crippen LogP contribution in [0.25, 0.3) is 6.08 Å². The number of aryl methyl sites for hydroxylation is 2. The molecule has 0 saturated heterocycles. The number of aliphatic imine (C=N–C) groups is 1. The van der Waals surface area contributed by atoms with Crippen LogP contribution in [0.1, 0.15) is 34.7 Å². The summed E-state index contributed by atoms with van der Waals surface area (Å²) in [7, 11) is 0. The number of nitro groups is 1. The highest BCUT2D eigenvalue weighted by molar-refractivity contribution is 6.13. The SMILES string of the molecule is CCOc1cc(C=C2N=C(c3ccc(C)c([N+](=O)[O-])c3)OC2=O)ccc1OCc1ccc(C)cc1. The van der Waals surface area contributed by atoms with Crippen LogP contribution in [0.4, 0.5) is 5.69 Å². The second kappa shape index (κ2) is 10.2. The zero-order valence-electron chi connectivity index (χ0n) is 19.6. The van der Waals surface area contributed by atoms with E-state index >= 15 is 0 Å². The smallest absolute Gasteiger partial charge is 0.363 e. The largest absolute Gasteiger partial charge is 0.490 e. The van der Waals surface area contributed by atoms with Crippen LogP contribution in [-0.4, -0.2) is 23.4 Å². The molecule has 0 fully saturated rings. The summed E-state index contributed by atoms with van der Waals surface area (Å²) in [4.78, 5) is 27.4. The van der Waals surface area contributed by atoms with E-state index < -0.39 is 10.9 Å². The number of esters is 1. The van der Waals surface area contributed by atoms with Crippen LogP contribution in [0, 0.1) is 24.0 Å². The van der Waals surface area contributed by atoms with Crippen molar-refractivity contribution in [2.45, 2.75) is 27.4 Å². The molecule has 8 nitrogen and oxygen atoms in total. The highest BCUT2D eigenvalue weighted by Gasteiger charge is 2.26. The van der Waals surface area contributed by atoms with Crippen LogP contribution in [-0.2, 0) is 16.1 Å².